The second-order valence-electron chi connectivity index (χ2n) is 7.86. The normalized spacial score (nSPS) is 16.0. The van der Waals surface area contributed by atoms with Crippen molar-refractivity contribution in [1.82, 2.24) is 4.31 Å². The van der Waals surface area contributed by atoms with Crippen LogP contribution in [0, 0.1) is 5.82 Å². The van der Waals surface area contributed by atoms with Gasteiger partial charge in [0.05, 0.1) is 4.90 Å². The molecular formula is C22H27FN2O4S. The highest BCUT2D eigenvalue weighted by molar-refractivity contribution is 7.89. The number of ether oxygens (including phenoxy) is 1. The number of anilines is 1. The van der Waals surface area contributed by atoms with E-state index in [1.54, 1.807) is 26.0 Å². The summed E-state index contributed by atoms with van der Waals surface area (Å²) in [6.45, 7) is 4.28. The fourth-order valence-corrected chi connectivity index (χ4v) is 4.78. The number of carbonyl (C=O) groups is 1. The molecule has 1 amide bonds. The number of carbonyl (C=O) groups excluding carboxylic acids is 1. The van der Waals surface area contributed by atoms with Gasteiger partial charge in [-0.05, 0) is 75.2 Å². The number of halogens is 1. The van der Waals surface area contributed by atoms with Gasteiger partial charge in [-0.1, -0.05) is 12.8 Å². The first-order valence-corrected chi connectivity index (χ1v) is 11.5. The fraction of sp³-hybridized carbons (Fsp3) is 0.409. The lowest BCUT2D eigenvalue weighted by molar-refractivity contribution is -0.128. The van der Waals surface area contributed by atoms with E-state index < -0.39 is 21.5 Å². The van der Waals surface area contributed by atoms with Gasteiger partial charge in [-0.3, -0.25) is 4.79 Å². The van der Waals surface area contributed by atoms with Crippen LogP contribution < -0.4 is 10.1 Å². The molecule has 0 atom stereocenters. The van der Waals surface area contributed by atoms with Gasteiger partial charge >= 0.3 is 0 Å². The van der Waals surface area contributed by atoms with Crippen molar-refractivity contribution in [3.63, 3.8) is 0 Å². The van der Waals surface area contributed by atoms with E-state index in [1.807, 2.05) is 0 Å². The van der Waals surface area contributed by atoms with Crippen molar-refractivity contribution < 1.29 is 22.3 Å². The molecule has 1 fully saturated rings. The third kappa shape index (κ3) is 5.37. The molecule has 8 heteroatoms. The molecule has 2 aromatic rings. The van der Waals surface area contributed by atoms with Crippen molar-refractivity contribution in [3.8, 4) is 5.75 Å². The highest BCUT2D eigenvalue weighted by atomic mass is 32.2. The van der Waals surface area contributed by atoms with Crippen molar-refractivity contribution in [3.05, 3.63) is 54.3 Å². The summed E-state index contributed by atoms with van der Waals surface area (Å²) in [6.07, 6.45) is 3.84. The van der Waals surface area contributed by atoms with E-state index in [2.05, 4.69) is 5.32 Å². The molecule has 1 aliphatic rings. The molecule has 162 valence electrons. The Morgan fingerprint density at radius 3 is 2.10 bits per heavy atom. The van der Waals surface area contributed by atoms with Gasteiger partial charge < -0.3 is 10.1 Å². The number of nitrogens with one attached hydrogen (secondary N) is 1. The zero-order valence-electron chi connectivity index (χ0n) is 17.2. The largest absolute Gasteiger partial charge is 0.478 e. The Morgan fingerprint density at radius 1 is 0.967 bits per heavy atom. The van der Waals surface area contributed by atoms with E-state index in [0.29, 0.717) is 24.5 Å². The molecule has 1 aliphatic heterocycles. The van der Waals surface area contributed by atoms with Gasteiger partial charge in [0.2, 0.25) is 10.0 Å². The van der Waals surface area contributed by atoms with Crippen molar-refractivity contribution in [2.24, 2.45) is 0 Å². The average molecular weight is 435 g/mol. The van der Waals surface area contributed by atoms with Crippen LogP contribution in [0.3, 0.4) is 0 Å². The second-order valence-corrected chi connectivity index (χ2v) is 9.80. The smallest absolute Gasteiger partial charge is 0.267 e. The monoisotopic (exact) mass is 434 g/mol. The maximum absolute atomic E-state index is 13.0. The van der Waals surface area contributed by atoms with Gasteiger partial charge in [0.25, 0.3) is 5.91 Å². The summed E-state index contributed by atoms with van der Waals surface area (Å²) >= 11 is 0. The highest BCUT2D eigenvalue weighted by Gasteiger charge is 2.30. The van der Waals surface area contributed by atoms with E-state index in [9.17, 15) is 17.6 Å². The SMILES string of the molecule is CC(C)(Oc1ccc(F)cc1)C(=O)Nc1ccc(S(=O)(=O)N2CCCCCC2)cc1. The van der Waals surface area contributed by atoms with Gasteiger partial charge in [-0.15, -0.1) is 0 Å². The molecule has 0 aliphatic carbocycles. The van der Waals surface area contributed by atoms with Crippen molar-refractivity contribution >= 4 is 21.6 Å². The molecule has 30 heavy (non-hydrogen) atoms. The molecular weight excluding hydrogens is 407 g/mol. The summed E-state index contributed by atoms with van der Waals surface area (Å²) in [5, 5.41) is 2.74. The first-order chi connectivity index (χ1) is 14.2. The van der Waals surface area contributed by atoms with Crippen LogP contribution in [0.4, 0.5) is 10.1 Å². The number of sulfonamides is 1. The topological polar surface area (TPSA) is 75.7 Å². The summed E-state index contributed by atoms with van der Waals surface area (Å²) in [5.74, 6) is -0.426. The molecule has 0 bridgehead atoms. The van der Waals surface area contributed by atoms with Crippen molar-refractivity contribution in [1.29, 1.82) is 0 Å². The average Bonchev–Trinajstić information content (AvgIpc) is 3.00. The zero-order chi connectivity index (χ0) is 21.8. The summed E-state index contributed by atoms with van der Waals surface area (Å²) < 4.78 is 46.0. The number of rotatable bonds is 6. The van der Waals surface area contributed by atoms with Gasteiger partial charge in [-0.2, -0.15) is 4.31 Å². The van der Waals surface area contributed by atoms with E-state index in [0.717, 1.165) is 25.7 Å². The third-order valence-corrected chi connectivity index (χ3v) is 6.96. The summed E-state index contributed by atoms with van der Waals surface area (Å²) in [6, 6.07) is 11.6. The van der Waals surface area contributed by atoms with Crippen molar-refractivity contribution in [2.75, 3.05) is 18.4 Å². The zero-order valence-corrected chi connectivity index (χ0v) is 18.0. The van der Waals surface area contributed by atoms with E-state index in [4.69, 9.17) is 4.74 Å². The maximum Gasteiger partial charge on any atom is 0.267 e. The van der Waals surface area contributed by atoms with E-state index in [1.165, 1.54) is 40.7 Å². The quantitative estimate of drug-likeness (QED) is 0.740. The molecule has 0 spiro atoms. The van der Waals surface area contributed by atoms with Crippen LogP contribution in [-0.2, 0) is 14.8 Å². The van der Waals surface area contributed by atoms with Crippen LogP contribution in [0.2, 0.25) is 0 Å². The lowest BCUT2D eigenvalue weighted by atomic mass is 10.1. The number of hydrogen-bond donors (Lipinski definition) is 1. The standard InChI is InChI=1S/C22H27FN2O4S/c1-22(2,29-19-11-7-17(23)8-12-19)21(26)24-18-9-13-20(14-10-18)30(27,28)25-15-5-3-4-6-16-25/h7-14H,3-6,15-16H2,1-2H3,(H,24,26). The summed E-state index contributed by atoms with van der Waals surface area (Å²) in [7, 11) is -3.54. The summed E-state index contributed by atoms with van der Waals surface area (Å²) in [5.41, 5.74) is -0.750. The van der Waals surface area contributed by atoms with Gasteiger partial charge in [0, 0.05) is 18.8 Å². The Kier molecular flexibility index (Phi) is 6.77. The molecule has 1 heterocycles. The fourth-order valence-electron chi connectivity index (χ4n) is 3.27. The first kappa shape index (κ1) is 22.2. The molecule has 3 rings (SSSR count). The number of amides is 1. The molecule has 2 aromatic carbocycles. The van der Waals surface area contributed by atoms with Gasteiger partial charge in [0.1, 0.15) is 11.6 Å². The van der Waals surface area contributed by atoms with E-state index >= 15 is 0 Å². The minimum Gasteiger partial charge on any atom is -0.478 e. The van der Waals surface area contributed by atoms with Crippen molar-refractivity contribution in [2.45, 2.75) is 50.0 Å². The predicted molar refractivity (Wildman–Crippen MR) is 113 cm³/mol. The minimum atomic E-state index is -3.54. The molecule has 0 aromatic heterocycles. The molecule has 6 nitrogen and oxygen atoms in total. The lowest BCUT2D eigenvalue weighted by Crippen LogP contribution is -2.42. The van der Waals surface area contributed by atoms with Gasteiger partial charge in [-0.25, -0.2) is 12.8 Å². The second kappa shape index (κ2) is 9.14. The molecule has 1 N–H and O–H groups in total. The number of benzene rings is 2. The Bertz CT molecular complexity index is 965. The highest BCUT2D eigenvalue weighted by Crippen LogP contribution is 2.23. The number of nitrogens with zero attached hydrogens (tertiary/aromatic N) is 1. The third-order valence-electron chi connectivity index (χ3n) is 5.05. The van der Waals surface area contributed by atoms with Crippen LogP contribution in [-0.4, -0.2) is 37.3 Å². The lowest BCUT2D eigenvalue weighted by Gasteiger charge is -2.25. The maximum atomic E-state index is 13.0. The van der Waals surface area contributed by atoms with Gasteiger partial charge in [0.15, 0.2) is 5.60 Å². The Morgan fingerprint density at radius 2 is 1.53 bits per heavy atom. The molecule has 0 saturated carbocycles. The van der Waals surface area contributed by atoms with E-state index in [-0.39, 0.29) is 10.7 Å². The predicted octanol–water partition coefficient (Wildman–Crippen LogP) is 4.19. The van der Waals surface area contributed by atoms with Crippen LogP contribution >= 0.6 is 0 Å². The Hall–Kier alpha value is -2.45. The molecule has 0 radical (unpaired) electrons. The van der Waals surface area contributed by atoms with Crippen LogP contribution in [0.25, 0.3) is 0 Å². The van der Waals surface area contributed by atoms with Crippen LogP contribution in [0.1, 0.15) is 39.5 Å². The minimum absolute atomic E-state index is 0.212. The molecule has 1 saturated heterocycles. The van der Waals surface area contributed by atoms with Crippen LogP contribution in [0.15, 0.2) is 53.4 Å². The summed E-state index contributed by atoms with van der Waals surface area (Å²) in [4.78, 5) is 12.8. The first-order valence-electron chi connectivity index (χ1n) is 10.0. The molecule has 0 unspecified atom stereocenters. The Balaban J connectivity index is 1.67. The van der Waals surface area contributed by atoms with Crippen LogP contribution in [0.5, 0.6) is 5.75 Å². The number of hydrogen-bond acceptors (Lipinski definition) is 4. The Labute approximate surface area is 177 Å².